The highest BCUT2D eigenvalue weighted by atomic mass is 35.5. The van der Waals surface area contributed by atoms with Crippen molar-refractivity contribution in [3.63, 3.8) is 0 Å². The van der Waals surface area contributed by atoms with Gasteiger partial charge < -0.3 is 5.11 Å². The van der Waals surface area contributed by atoms with Gasteiger partial charge in [0.05, 0.1) is 17.2 Å². The second kappa shape index (κ2) is 4.66. The first-order valence-corrected chi connectivity index (χ1v) is 5.98. The molecule has 5 nitrogen and oxygen atoms in total. The van der Waals surface area contributed by atoms with E-state index in [2.05, 4.69) is 15.1 Å². The van der Waals surface area contributed by atoms with E-state index in [1.54, 1.807) is 37.0 Å². The van der Waals surface area contributed by atoms with Crippen molar-refractivity contribution in [2.24, 2.45) is 0 Å². The Morgan fingerprint density at radius 2 is 2.11 bits per heavy atom. The maximum Gasteiger partial charge on any atom is 0.160 e. The molecule has 2 aromatic heterocycles. The summed E-state index contributed by atoms with van der Waals surface area (Å²) < 4.78 is 1.67. The molecule has 2 heterocycles. The van der Waals surface area contributed by atoms with Gasteiger partial charge in [-0.1, -0.05) is 11.6 Å². The second-order valence-electron chi connectivity index (χ2n) is 4.84. The highest BCUT2D eigenvalue weighted by Gasteiger charge is 2.18. The van der Waals surface area contributed by atoms with Crippen molar-refractivity contribution in [3.8, 4) is 11.4 Å². The Kier molecular flexibility index (Phi) is 3.36. The third-order valence-electron chi connectivity index (χ3n) is 2.28. The summed E-state index contributed by atoms with van der Waals surface area (Å²) in [6.45, 7) is 5.62. The number of hydrogen-bond acceptors (Lipinski definition) is 4. The van der Waals surface area contributed by atoms with Gasteiger partial charge in [0.2, 0.25) is 0 Å². The number of nitrogens with zero attached hydrogens (tertiary/aromatic N) is 4. The molecule has 0 aliphatic carbocycles. The van der Waals surface area contributed by atoms with Gasteiger partial charge in [-0.05, 0) is 26.8 Å². The van der Waals surface area contributed by atoms with Gasteiger partial charge in [0, 0.05) is 18.0 Å². The van der Waals surface area contributed by atoms with Crippen LogP contribution >= 0.6 is 11.6 Å². The van der Waals surface area contributed by atoms with Crippen molar-refractivity contribution in [1.29, 1.82) is 0 Å². The van der Waals surface area contributed by atoms with Gasteiger partial charge in [-0.3, -0.25) is 4.98 Å². The third kappa shape index (κ3) is 3.05. The average molecular weight is 267 g/mol. The number of aliphatic hydroxyl groups is 1. The van der Waals surface area contributed by atoms with Crippen LogP contribution in [0.15, 0.2) is 18.5 Å². The Morgan fingerprint density at radius 3 is 2.72 bits per heavy atom. The zero-order valence-electron chi connectivity index (χ0n) is 10.6. The molecule has 0 saturated heterocycles. The molecule has 0 radical (unpaired) electrons. The van der Waals surface area contributed by atoms with E-state index in [0.717, 1.165) is 5.56 Å². The van der Waals surface area contributed by atoms with E-state index in [0.29, 0.717) is 23.2 Å². The minimum Gasteiger partial charge on any atom is -0.389 e. The summed E-state index contributed by atoms with van der Waals surface area (Å²) in [5.41, 5.74) is -0.0756. The van der Waals surface area contributed by atoms with E-state index in [1.807, 2.05) is 6.92 Å². The van der Waals surface area contributed by atoms with Crippen LogP contribution in [0.4, 0.5) is 0 Å². The molecule has 0 saturated carbocycles. The highest BCUT2D eigenvalue weighted by molar-refractivity contribution is 6.30. The summed E-state index contributed by atoms with van der Waals surface area (Å²) >= 11 is 5.92. The molecule has 0 spiro atoms. The van der Waals surface area contributed by atoms with Crippen LogP contribution in [0.3, 0.4) is 0 Å². The largest absolute Gasteiger partial charge is 0.389 e. The summed E-state index contributed by atoms with van der Waals surface area (Å²) in [6, 6.07) is 1.78. The maximum atomic E-state index is 9.88. The molecule has 0 aliphatic heterocycles. The van der Waals surface area contributed by atoms with Gasteiger partial charge >= 0.3 is 0 Å². The number of aryl methyl sites for hydroxylation is 1. The Hall–Kier alpha value is -1.46. The molecular formula is C12H15ClN4O. The second-order valence-corrected chi connectivity index (χ2v) is 5.28. The fraction of sp³-hybridized carbons (Fsp3) is 0.417. The van der Waals surface area contributed by atoms with Crippen molar-refractivity contribution in [1.82, 2.24) is 19.7 Å². The number of pyridine rings is 1. The van der Waals surface area contributed by atoms with E-state index in [-0.39, 0.29) is 0 Å². The van der Waals surface area contributed by atoms with Gasteiger partial charge in [-0.15, -0.1) is 0 Å². The molecule has 1 N–H and O–H groups in total. The van der Waals surface area contributed by atoms with Gasteiger partial charge in [0.15, 0.2) is 5.82 Å². The van der Waals surface area contributed by atoms with Crippen LogP contribution < -0.4 is 0 Å². The Bertz CT molecular complexity index is 559. The fourth-order valence-corrected chi connectivity index (χ4v) is 1.85. The van der Waals surface area contributed by atoms with E-state index in [1.165, 1.54) is 0 Å². The molecule has 96 valence electrons. The monoisotopic (exact) mass is 266 g/mol. The zero-order chi connectivity index (χ0) is 13.3. The first kappa shape index (κ1) is 13.0. The number of rotatable bonds is 3. The summed E-state index contributed by atoms with van der Waals surface area (Å²) in [6.07, 6.45) is 3.24. The van der Waals surface area contributed by atoms with Crippen molar-refractivity contribution >= 4 is 11.6 Å². The van der Waals surface area contributed by atoms with Crippen molar-refractivity contribution < 1.29 is 5.11 Å². The SMILES string of the molecule is Cc1nc(-c2cncc(Cl)c2)n(CC(C)(C)O)n1. The lowest BCUT2D eigenvalue weighted by Gasteiger charge is -2.17. The molecule has 0 amide bonds. The van der Waals surface area contributed by atoms with E-state index < -0.39 is 5.60 Å². The molecule has 0 aliphatic rings. The van der Waals surface area contributed by atoms with Crippen LogP contribution in [0.1, 0.15) is 19.7 Å². The van der Waals surface area contributed by atoms with Crippen molar-refractivity contribution in [2.45, 2.75) is 32.9 Å². The maximum absolute atomic E-state index is 9.88. The van der Waals surface area contributed by atoms with Crippen LogP contribution in [0, 0.1) is 6.92 Å². The zero-order valence-corrected chi connectivity index (χ0v) is 11.3. The summed E-state index contributed by atoms with van der Waals surface area (Å²) in [5, 5.41) is 14.7. The minimum absolute atomic E-state index is 0.357. The summed E-state index contributed by atoms with van der Waals surface area (Å²) in [4.78, 5) is 8.38. The minimum atomic E-state index is -0.860. The third-order valence-corrected chi connectivity index (χ3v) is 2.48. The van der Waals surface area contributed by atoms with Crippen LogP contribution in [0.2, 0.25) is 5.02 Å². The molecule has 0 unspecified atom stereocenters. The fourth-order valence-electron chi connectivity index (χ4n) is 1.68. The smallest absolute Gasteiger partial charge is 0.160 e. The van der Waals surface area contributed by atoms with E-state index in [4.69, 9.17) is 11.6 Å². The van der Waals surface area contributed by atoms with Gasteiger partial charge in [-0.2, -0.15) is 5.10 Å². The topological polar surface area (TPSA) is 63.8 Å². The van der Waals surface area contributed by atoms with Crippen LogP contribution in [-0.4, -0.2) is 30.5 Å². The standard InChI is InChI=1S/C12H15ClN4O/c1-8-15-11(9-4-10(13)6-14-5-9)17(16-8)7-12(2,3)18/h4-6,18H,7H2,1-3H3. The molecule has 0 aromatic carbocycles. The van der Waals surface area contributed by atoms with Gasteiger partial charge in [0.25, 0.3) is 0 Å². The van der Waals surface area contributed by atoms with E-state index >= 15 is 0 Å². The lowest BCUT2D eigenvalue weighted by Crippen LogP contribution is -2.27. The van der Waals surface area contributed by atoms with Gasteiger partial charge in [0.1, 0.15) is 5.82 Å². The Balaban J connectivity index is 2.44. The van der Waals surface area contributed by atoms with Gasteiger partial charge in [-0.25, -0.2) is 9.67 Å². The lowest BCUT2D eigenvalue weighted by molar-refractivity contribution is 0.0581. The molecule has 0 fully saturated rings. The lowest BCUT2D eigenvalue weighted by atomic mass is 10.1. The van der Waals surface area contributed by atoms with Crippen LogP contribution in [0.5, 0.6) is 0 Å². The van der Waals surface area contributed by atoms with E-state index in [9.17, 15) is 5.11 Å². The molecule has 2 aromatic rings. The molecule has 6 heteroatoms. The number of aromatic nitrogens is 4. The predicted molar refractivity (Wildman–Crippen MR) is 69.3 cm³/mol. The Labute approximate surface area is 110 Å². The van der Waals surface area contributed by atoms with Crippen LogP contribution in [-0.2, 0) is 6.54 Å². The van der Waals surface area contributed by atoms with Crippen molar-refractivity contribution in [3.05, 3.63) is 29.3 Å². The molecule has 0 bridgehead atoms. The quantitative estimate of drug-likeness (QED) is 0.924. The Morgan fingerprint density at radius 1 is 1.39 bits per heavy atom. The first-order chi connectivity index (χ1) is 8.35. The van der Waals surface area contributed by atoms with Crippen LogP contribution in [0.25, 0.3) is 11.4 Å². The number of hydrogen-bond donors (Lipinski definition) is 1. The summed E-state index contributed by atoms with van der Waals surface area (Å²) in [5.74, 6) is 1.30. The van der Waals surface area contributed by atoms with Crippen molar-refractivity contribution in [2.75, 3.05) is 0 Å². The summed E-state index contributed by atoms with van der Waals surface area (Å²) in [7, 11) is 0. The average Bonchev–Trinajstić information content (AvgIpc) is 2.56. The molecule has 18 heavy (non-hydrogen) atoms. The normalized spacial score (nSPS) is 11.8. The molecular weight excluding hydrogens is 252 g/mol. The predicted octanol–water partition coefficient (Wildman–Crippen LogP) is 2.07. The number of halogens is 1. The molecule has 0 atom stereocenters. The highest BCUT2D eigenvalue weighted by Crippen LogP contribution is 2.21. The first-order valence-electron chi connectivity index (χ1n) is 5.60. The molecule has 2 rings (SSSR count).